The number of ether oxygens (including phenoxy) is 1. The first-order valence-electron chi connectivity index (χ1n) is 6.52. The quantitative estimate of drug-likeness (QED) is 0.810. The van der Waals surface area contributed by atoms with Gasteiger partial charge in [-0.1, -0.05) is 6.92 Å². The minimum Gasteiger partial charge on any atom is -0.437 e. The van der Waals surface area contributed by atoms with Crippen LogP contribution in [0.3, 0.4) is 0 Å². The van der Waals surface area contributed by atoms with Gasteiger partial charge in [0.15, 0.2) is 5.75 Å². The number of hydrogen-bond acceptors (Lipinski definition) is 4. The lowest BCUT2D eigenvalue weighted by molar-refractivity contribution is 0.422. The van der Waals surface area contributed by atoms with Crippen molar-refractivity contribution in [3.8, 4) is 11.6 Å². The molecule has 0 bridgehead atoms. The Morgan fingerprint density at radius 1 is 1.42 bits per heavy atom. The molecule has 0 aliphatic rings. The van der Waals surface area contributed by atoms with Crippen LogP contribution in [0.2, 0.25) is 0 Å². The second kappa shape index (κ2) is 6.33. The van der Waals surface area contributed by atoms with Crippen LogP contribution < -0.4 is 10.1 Å². The van der Waals surface area contributed by atoms with E-state index in [1.807, 2.05) is 26.1 Å². The lowest BCUT2D eigenvalue weighted by atomic mass is 10.2. The maximum Gasteiger partial charge on any atom is 0.217 e. The van der Waals surface area contributed by atoms with E-state index in [1.165, 1.54) is 0 Å². The number of pyridine rings is 1. The first-order valence-corrected chi connectivity index (χ1v) is 6.52. The zero-order valence-corrected chi connectivity index (χ0v) is 11.7. The van der Waals surface area contributed by atoms with Crippen LogP contribution in [0.5, 0.6) is 11.6 Å². The molecule has 0 saturated heterocycles. The molecule has 0 spiro atoms. The molecule has 5 nitrogen and oxygen atoms in total. The molecule has 0 fully saturated rings. The van der Waals surface area contributed by atoms with E-state index in [-0.39, 0.29) is 0 Å². The Bertz CT molecular complexity index is 536. The van der Waals surface area contributed by atoms with Crippen LogP contribution in [0.25, 0.3) is 0 Å². The summed E-state index contributed by atoms with van der Waals surface area (Å²) in [5.41, 5.74) is 2.04. The summed E-state index contributed by atoms with van der Waals surface area (Å²) in [6.45, 7) is 5.87. The van der Waals surface area contributed by atoms with Crippen LogP contribution in [0.15, 0.2) is 24.5 Å². The molecule has 0 radical (unpaired) electrons. The SMILES string of the molecule is CCCNCc1ccncc1Oc1cc(C)nn1C. The third-order valence-electron chi connectivity index (χ3n) is 2.79. The standard InChI is InChI=1S/C14H20N4O/c1-4-6-15-9-12-5-7-16-10-13(12)19-14-8-11(2)17-18(14)3/h5,7-8,10,15H,4,6,9H2,1-3H3. The van der Waals surface area contributed by atoms with Crippen LogP contribution in [-0.4, -0.2) is 21.3 Å². The summed E-state index contributed by atoms with van der Waals surface area (Å²) < 4.78 is 7.62. The molecule has 0 saturated carbocycles. The van der Waals surface area contributed by atoms with E-state index in [0.29, 0.717) is 0 Å². The molecular formula is C14H20N4O. The molecule has 0 atom stereocenters. The smallest absolute Gasteiger partial charge is 0.217 e. The monoisotopic (exact) mass is 260 g/mol. The van der Waals surface area contributed by atoms with Gasteiger partial charge in [0.1, 0.15) is 0 Å². The molecule has 19 heavy (non-hydrogen) atoms. The van der Waals surface area contributed by atoms with Crippen molar-refractivity contribution in [2.75, 3.05) is 6.54 Å². The molecule has 5 heteroatoms. The van der Waals surface area contributed by atoms with Gasteiger partial charge in [-0.2, -0.15) is 5.10 Å². The summed E-state index contributed by atoms with van der Waals surface area (Å²) in [6.07, 6.45) is 4.64. The summed E-state index contributed by atoms with van der Waals surface area (Å²) in [5.74, 6) is 1.50. The van der Waals surface area contributed by atoms with Gasteiger partial charge < -0.3 is 10.1 Å². The van der Waals surface area contributed by atoms with Gasteiger partial charge in [-0.15, -0.1) is 0 Å². The van der Waals surface area contributed by atoms with Crippen LogP contribution in [0, 0.1) is 6.92 Å². The molecule has 2 rings (SSSR count). The minimum atomic E-state index is 0.724. The van der Waals surface area contributed by atoms with Gasteiger partial charge in [0.05, 0.1) is 11.9 Å². The van der Waals surface area contributed by atoms with Crippen molar-refractivity contribution in [2.45, 2.75) is 26.8 Å². The fraction of sp³-hybridized carbons (Fsp3) is 0.429. The predicted molar refractivity (Wildman–Crippen MR) is 74.3 cm³/mol. The fourth-order valence-corrected chi connectivity index (χ4v) is 1.84. The first kappa shape index (κ1) is 13.5. The Labute approximate surface area is 113 Å². The predicted octanol–water partition coefficient (Wildman–Crippen LogP) is 2.42. The Morgan fingerprint density at radius 2 is 2.26 bits per heavy atom. The molecule has 1 N–H and O–H groups in total. The third-order valence-corrected chi connectivity index (χ3v) is 2.79. The van der Waals surface area contributed by atoms with Crippen molar-refractivity contribution in [1.29, 1.82) is 0 Å². The number of aryl methyl sites for hydroxylation is 2. The van der Waals surface area contributed by atoms with Crippen molar-refractivity contribution in [2.24, 2.45) is 7.05 Å². The molecular weight excluding hydrogens is 240 g/mol. The molecule has 0 aliphatic carbocycles. The highest BCUT2D eigenvalue weighted by atomic mass is 16.5. The second-order valence-electron chi connectivity index (χ2n) is 4.51. The van der Waals surface area contributed by atoms with Crippen LogP contribution >= 0.6 is 0 Å². The molecule has 0 aromatic carbocycles. The van der Waals surface area contributed by atoms with E-state index in [9.17, 15) is 0 Å². The van der Waals surface area contributed by atoms with Gasteiger partial charge in [0, 0.05) is 31.4 Å². The van der Waals surface area contributed by atoms with Gasteiger partial charge >= 0.3 is 0 Å². The van der Waals surface area contributed by atoms with Gasteiger partial charge in [0.2, 0.25) is 5.88 Å². The Hall–Kier alpha value is -1.88. The number of hydrogen-bond donors (Lipinski definition) is 1. The number of rotatable bonds is 6. The van der Waals surface area contributed by atoms with Crippen LogP contribution in [0.4, 0.5) is 0 Å². The van der Waals surface area contributed by atoms with E-state index >= 15 is 0 Å². The largest absolute Gasteiger partial charge is 0.437 e. The lowest BCUT2D eigenvalue weighted by Crippen LogP contribution is -2.14. The van der Waals surface area contributed by atoms with Crippen molar-refractivity contribution < 1.29 is 4.74 Å². The highest BCUT2D eigenvalue weighted by molar-refractivity contribution is 5.33. The van der Waals surface area contributed by atoms with Crippen molar-refractivity contribution >= 4 is 0 Å². The highest BCUT2D eigenvalue weighted by Gasteiger charge is 2.08. The van der Waals surface area contributed by atoms with E-state index in [4.69, 9.17) is 4.74 Å². The molecule has 0 unspecified atom stereocenters. The first-order chi connectivity index (χ1) is 9.20. The normalized spacial score (nSPS) is 10.7. The topological polar surface area (TPSA) is 52.0 Å². The summed E-state index contributed by atoms with van der Waals surface area (Å²) >= 11 is 0. The van der Waals surface area contributed by atoms with E-state index in [2.05, 4.69) is 22.3 Å². The zero-order chi connectivity index (χ0) is 13.7. The maximum absolute atomic E-state index is 5.89. The number of aromatic nitrogens is 3. The summed E-state index contributed by atoms with van der Waals surface area (Å²) in [4.78, 5) is 4.12. The van der Waals surface area contributed by atoms with Crippen molar-refractivity contribution in [3.05, 3.63) is 35.8 Å². The van der Waals surface area contributed by atoms with Gasteiger partial charge in [0.25, 0.3) is 0 Å². The summed E-state index contributed by atoms with van der Waals surface area (Å²) in [5, 5.41) is 7.64. The highest BCUT2D eigenvalue weighted by Crippen LogP contribution is 2.24. The van der Waals surface area contributed by atoms with Crippen LogP contribution in [0.1, 0.15) is 24.6 Å². The van der Waals surface area contributed by atoms with E-state index < -0.39 is 0 Å². The fourth-order valence-electron chi connectivity index (χ4n) is 1.84. The molecule has 2 heterocycles. The molecule has 102 valence electrons. The van der Waals surface area contributed by atoms with E-state index in [0.717, 1.165) is 42.4 Å². The third kappa shape index (κ3) is 3.54. The Morgan fingerprint density at radius 3 is 2.95 bits per heavy atom. The van der Waals surface area contributed by atoms with Crippen LogP contribution in [-0.2, 0) is 13.6 Å². The second-order valence-corrected chi connectivity index (χ2v) is 4.51. The van der Waals surface area contributed by atoms with E-state index in [1.54, 1.807) is 17.1 Å². The maximum atomic E-state index is 5.89. The number of nitrogens with one attached hydrogen (secondary N) is 1. The number of nitrogens with zero attached hydrogens (tertiary/aromatic N) is 3. The molecule has 0 aliphatic heterocycles. The van der Waals surface area contributed by atoms with Crippen molar-refractivity contribution in [3.63, 3.8) is 0 Å². The molecule has 2 aromatic rings. The van der Waals surface area contributed by atoms with Crippen molar-refractivity contribution in [1.82, 2.24) is 20.1 Å². The summed E-state index contributed by atoms with van der Waals surface area (Å²) in [7, 11) is 1.87. The Kier molecular flexibility index (Phi) is 4.52. The average molecular weight is 260 g/mol. The lowest BCUT2D eigenvalue weighted by Gasteiger charge is -2.10. The summed E-state index contributed by atoms with van der Waals surface area (Å²) in [6, 6.07) is 3.89. The van der Waals surface area contributed by atoms with Gasteiger partial charge in [-0.05, 0) is 26.0 Å². The van der Waals surface area contributed by atoms with Gasteiger partial charge in [-0.3, -0.25) is 4.98 Å². The minimum absolute atomic E-state index is 0.724. The Balaban J connectivity index is 2.13. The zero-order valence-electron chi connectivity index (χ0n) is 11.7. The van der Waals surface area contributed by atoms with Gasteiger partial charge in [-0.25, -0.2) is 4.68 Å². The molecule has 0 amide bonds. The average Bonchev–Trinajstić information content (AvgIpc) is 2.70. The molecule has 2 aromatic heterocycles.